The van der Waals surface area contributed by atoms with Gasteiger partial charge in [0.1, 0.15) is 0 Å². The van der Waals surface area contributed by atoms with Crippen molar-refractivity contribution in [2.45, 2.75) is 6.42 Å². The minimum atomic E-state index is -0.910. The van der Waals surface area contributed by atoms with Crippen molar-refractivity contribution in [3.8, 4) is 0 Å². The summed E-state index contributed by atoms with van der Waals surface area (Å²) in [6, 6.07) is 10.2. The molecule has 0 saturated carbocycles. The number of nitrogens with one attached hydrogen (secondary N) is 1. The Bertz CT molecular complexity index is 636. The second-order valence-electron chi connectivity index (χ2n) is 4.10. The molecule has 20 heavy (non-hydrogen) atoms. The number of hydrogen-bond acceptors (Lipinski definition) is 2. The van der Waals surface area contributed by atoms with Gasteiger partial charge in [-0.2, -0.15) is 0 Å². The van der Waals surface area contributed by atoms with E-state index in [0.717, 1.165) is 0 Å². The lowest BCUT2D eigenvalue weighted by Crippen LogP contribution is -2.04. The molecule has 0 saturated heterocycles. The SMILES string of the molecule is O=C(O)Cc1ccccc1Nc1c(Cl)cc(Cl)cc1Cl. The molecule has 0 atom stereocenters. The van der Waals surface area contributed by atoms with E-state index in [-0.39, 0.29) is 6.42 Å². The number of halogens is 3. The van der Waals surface area contributed by atoms with Crippen LogP contribution in [0.5, 0.6) is 0 Å². The fourth-order valence-corrected chi connectivity index (χ4v) is 2.67. The summed E-state index contributed by atoms with van der Waals surface area (Å²) >= 11 is 18.0. The van der Waals surface area contributed by atoms with Crippen molar-refractivity contribution in [1.82, 2.24) is 0 Å². The van der Waals surface area contributed by atoms with Crippen molar-refractivity contribution in [3.63, 3.8) is 0 Å². The van der Waals surface area contributed by atoms with Crippen LogP contribution < -0.4 is 5.32 Å². The highest BCUT2D eigenvalue weighted by Crippen LogP contribution is 2.36. The molecule has 0 bridgehead atoms. The monoisotopic (exact) mass is 329 g/mol. The topological polar surface area (TPSA) is 49.3 Å². The fourth-order valence-electron chi connectivity index (χ4n) is 1.76. The van der Waals surface area contributed by atoms with Crippen LogP contribution in [0.25, 0.3) is 0 Å². The molecule has 0 aliphatic heterocycles. The van der Waals surface area contributed by atoms with Gasteiger partial charge in [0.15, 0.2) is 0 Å². The number of benzene rings is 2. The Hall–Kier alpha value is -1.42. The van der Waals surface area contributed by atoms with Crippen LogP contribution in [0, 0.1) is 0 Å². The molecule has 3 nitrogen and oxygen atoms in total. The maximum atomic E-state index is 10.9. The van der Waals surface area contributed by atoms with Gasteiger partial charge in [-0.05, 0) is 23.8 Å². The van der Waals surface area contributed by atoms with Crippen molar-refractivity contribution < 1.29 is 9.90 Å². The predicted molar refractivity (Wildman–Crippen MR) is 82.5 cm³/mol. The van der Waals surface area contributed by atoms with Gasteiger partial charge in [-0.25, -0.2) is 0 Å². The summed E-state index contributed by atoms with van der Waals surface area (Å²) in [6.45, 7) is 0. The van der Waals surface area contributed by atoms with Crippen LogP contribution in [0.15, 0.2) is 36.4 Å². The number of hydrogen-bond donors (Lipinski definition) is 2. The molecule has 6 heteroatoms. The second-order valence-corrected chi connectivity index (χ2v) is 5.35. The van der Waals surface area contributed by atoms with Crippen LogP contribution in [0.2, 0.25) is 15.1 Å². The van der Waals surface area contributed by atoms with Gasteiger partial charge in [0, 0.05) is 10.7 Å². The van der Waals surface area contributed by atoms with Crippen LogP contribution in [-0.2, 0) is 11.2 Å². The molecule has 2 rings (SSSR count). The highest BCUT2D eigenvalue weighted by Gasteiger charge is 2.11. The van der Waals surface area contributed by atoms with Gasteiger partial charge in [-0.1, -0.05) is 53.0 Å². The van der Waals surface area contributed by atoms with E-state index in [2.05, 4.69) is 5.32 Å². The molecule has 0 unspecified atom stereocenters. The molecule has 0 amide bonds. The molecular weight excluding hydrogens is 321 g/mol. The Balaban J connectivity index is 2.38. The molecule has 0 spiro atoms. The summed E-state index contributed by atoms with van der Waals surface area (Å²) in [5.41, 5.74) is 1.78. The molecule has 0 heterocycles. The van der Waals surface area contributed by atoms with E-state index in [0.29, 0.717) is 32.0 Å². The third-order valence-corrected chi connectivity index (χ3v) is 3.44. The number of aliphatic carboxylic acids is 1. The van der Waals surface area contributed by atoms with Crippen molar-refractivity contribution in [2.75, 3.05) is 5.32 Å². The highest BCUT2D eigenvalue weighted by molar-refractivity contribution is 6.41. The largest absolute Gasteiger partial charge is 0.481 e. The zero-order valence-electron chi connectivity index (χ0n) is 10.2. The zero-order valence-corrected chi connectivity index (χ0v) is 12.4. The number of anilines is 2. The number of carboxylic acid groups (broad SMARTS) is 1. The van der Waals surface area contributed by atoms with Gasteiger partial charge >= 0.3 is 5.97 Å². The minimum Gasteiger partial charge on any atom is -0.481 e. The molecule has 0 aliphatic rings. The molecule has 104 valence electrons. The van der Waals surface area contributed by atoms with Crippen LogP contribution in [0.4, 0.5) is 11.4 Å². The summed E-state index contributed by atoms with van der Waals surface area (Å²) in [5, 5.41) is 13.1. The van der Waals surface area contributed by atoms with Crippen LogP contribution in [-0.4, -0.2) is 11.1 Å². The molecule has 0 radical (unpaired) electrons. The Labute approximate surface area is 131 Å². The Kier molecular flexibility index (Phi) is 4.76. The van der Waals surface area contributed by atoms with Crippen LogP contribution in [0.1, 0.15) is 5.56 Å². The number of rotatable bonds is 4. The first-order valence-corrected chi connectivity index (χ1v) is 6.82. The van der Waals surface area contributed by atoms with Crippen molar-refractivity contribution in [1.29, 1.82) is 0 Å². The molecule has 2 aromatic rings. The van der Waals surface area contributed by atoms with Gasteiger partial charge in [0.05, 0.1) is 22.2 Å². The number of carboxylic acids is 1. The van der Waals surface area contributed by atoms with Gasteiger partial charge in [-0.15, -0.1) is 0 Å². The summed E-state index contributed by atoms with van der Waals surface area (Å²) in [5.74, 6) is -0.910. The quantitative estimate of drug-likeness (QED) is 0.827. The maximum Gasteiger partial charge on any atom is 0.307 e. The predicted octanol–water partition coefficient (Wildman–Crippen LogP) is 5.02. The summed E-state index contributed by atoms with van der Waals surface area (Å²) in [7, 11) is 0. The molecule has 0 fully saturated rings. The Morgan fingerprint density at radius 2 is 1.70 bits per heavy atom. The van der Waals surface area contributed by atoms with Crippen molar-refractivity contribution in [3.05, 3.63) is 57.0 Å². The minimum absolute atomic E-state index is 0.0913. The molecule has 0 aromatic heterocycles. The van der Waals surface area contributed by atoms with Gasteiger partial charge in [0.2, 0.25) is 0 Å². The third-order valence-electron chi connectivity index (χ3n) is 2.63. The fraction of sp³-hybridized carbons (Fsp3) is 0.0714. The van der Waals surface area contributed by atoms with E-state index in [1.165, 1.54) is 0 Å². The molecular formula is C14H10Cl3NO2. The van der Waals surface area contributed by atoms with E-state index < -0.39 is 5.97 Å². The van der Waals surface area contributed by atoms with E-state index in [1.807, 2.05) is 0 Å². The highest BCUT2D eigenvalue weighted by atomic mass is 35.5. The lowest BCUT2D eigenvalue weighted by molar-refractivity contribution is -0.136. The third kappa shape index (κ3) is 3.57. The number of para-hydroxylation sites is 1. The van der Waals surface area contributed by atoms with Gasteiger partial charge in [0.25, 0.3) is 0 Å². The molecule has 0 aliphatic carbocycles. The summed E-state index contributed by atoms with van der Waals surface area (Å²) in [4.78, 5) is 10.9. The normalized spacial score (nSPS) is 10.3. The van der Waals surface area contributed by atoms with Crippen molar-refractivity contribution in [2.24, 2.45) is 0 Å². The first-order valence-electron chi connectivity index (χ1n) is 5.68. The first-order chi connectivity index (χ1) is 9.47. The number of carbonyl (C=O) groups is 1. The molecule has 2 aromatic carbocycles. The lowest BCUT2D eigenvalue weighted by Gasteiger charge is -2.14. The van der Waals surface area contributed by atoms with E-state index >= 15 is 0 Å². The summed E-state index contributed by atoms with van der Waals surface area (Å²) < 4.78 is 0. The first kappa shape index (κ1) is 15.0. The van der Waals surface area contributed by atoms with E-state index in [4.69, 9.17) is 39.9 Å². The average molecular weight is 331 g/mol. The average Bonchev–Trinajstić information content (AvgIpc) is 2.34. The molecule has 2 N–H and O–H groups in total. The van der Waals surface area contributed by atoms with E-state index in [1.54, 1.807) is 36.4 Å². The van der Waals surface area contributed by atoms with Crippen LogP contribution >= 0.6 is 34.8 Å². The van der Waals surface area contributed by atoms with Gasteiger partial charge < -0.3 is 10.4 Å². The standard InChI is InChI=1S/C14H10Cl3NO2/c15-9-6-10(16)14(11(17)7-9)18-12-4-2-1-3-8(12)5-13(19)20/h1-4,6-7,18H,5H2,(H,19,20). The lowest BCUT2D eigenvalue weighted by atomic mass is 10.1. The second kappa shape index (κ2) is 6.35. The zero-order chi connectivity index (χ0) is 14.7. The van der Waals surface area contributed by atoms with Gasteiger partial charge in [-0.3, -0.25) is 4.79 Å². The van der Waals surface area contributed by atoms with E-state index in [9.17, 15) is 4.79 Å². The van der Waals surface area contributed by atoms with Crippen LogP contribution in [0.3, 0.4) is 0 Å². The smallest absolute Gasteiger partial charge is 0.307 e. The Morgan fingerprint density at radius 1 is 1.10 bits per heavy atom. The van der Waals surface area contributed by atoms with Crippen molar-refractivity contribution >= 4 is 52.1 Å². The summed E-state index contributed by atoms with van der Waals surface area (Å²) in [6.07, 6.45) is -0.0913. The Morgan fingerprint density at radius 3 is 2.30 bits per heavy atom. The maximum absolute atomic E-state index is 10.9.